The highest BCUT2D eigenvalue weighted by Gasteiger charge is 2.15. The molecule has 0 bridgehead atoms. The molecule has 82 valence electrons. The van der Waals surface area contributed by atoms with Gasteiger partial charge in [-0.05, 0) is 19.0 Å². The number of nitrogens with one attached hydrogen (secondary N) is 2. The zero-order valence-corrected chi connectivity index (χ0v) is 9.14. The summed E-state index contributed by atoms with van der Waals surface area (Å²) in [7, 11) is 0. The lowest BCUT2D eigenvalue weighted by Gasteiger charge is -2.20. The van der Waals surface area contributed by atoms with Crippen LogP contribution in [-0.4, -0.2) is 5.96 Å². The fourth-order valence-electron chi connectivity index (χ4n) is 1.43. The van der Waals surface area contributed by atoms with Crippen molar-refractivity contribution in [3.63, 3.8) is 0 Å². The number of unbranched alkanes of at least 4 members (excludes halogenated alkanes) is 1. The lowest BCUT2D eigenvalue weighted by atomic mass is 10.1. The Morgan fingerprint density at radius 1 is 1.60 bits per heavy atom. The molecule has 4 heteroatoms. The topological polar surface area (TPSA) is 62.4 Å². The van der Waals surface area contributed by atoms with Crippen LogP contribution >= 0.6 is 0 Å². The lowest BCUT2D eigenvalue weighted by Crippen LogP contribution is -2.35. The molecule has 0 saturated heterocycles. The van der Waals surface area contributed by atoms with Crippen molar-refractivity contribution < 1.29 is 0 Å². The Labute approximate surface area is 90.6 Å². The maximum absolute atomic E-state index is 5.61. The number of hydrogen-bond acceptors (Lipinski definition) is 4. The van der Waals surface area contributed by atoms with Gasteiger partial charge >= 0.3 is 0 Å². The van der Waals surface area contributed by atoms with Crippen molar-refractivity contribution >= 4 is 5.96 Å². The van der Waals surface area contributed by atoms with Crippen LogP contribution in [0.5, 0.6) is 0 Å². The van der Waals surface area contributed by atoms with E-state index in [1.165, 1.54) is 0 Å². The smallest absolute Gasteiger partial charge is 0.199 e. The summed E-state index contributed by atoms with van der Waals surface area (Å²) in [5, 5.41) is 5.91. The predicted octanol–water partition coefficient (Wildman–Crippen LogP) is 1.55. The van der Waals surface area contributed by atoms with E-state index in [-0.39, 0.29) is 0 Å². The van der Waals surface area contributed by atoms with Crippen LogP contribution in [0.1, 0.15) is 26.2 Å². The van der Waals surface area contributed by atoms with Crippen LogP contribution in [0.4, 0.5) is 0 Å². The van der Waals surface area contributed by atoms with Gasteiger partial charge in [0.15, 0.2) is 5.96 Å². The van der Waals surface area contributed by atoms with Crippen LogP contribution in [0.3, 0.4) is 0 Å². The molecule has 15 heavy (non-hydrogen) atoms. The molecule has 0 fully saturated rings. The summed E-state index contributed by atoms with van der Waals surface area (Å²) in [6.07, 6.45) is 4.77. The average molecular weight is 206 g/mol. The summed E-state index contributed by atoms with van der Waals surface area (Å²) >= 11 is 0. The van der Waals surface area contributed by atoms with E-state index in [1.54, 1.807) is 6.20 Å². The number of nitrogens with zero attached hydrogens (tertiary/aromatic N) is 1. The number of allylic oxidation sites excluding steroid dienone is 1. The molecular weight excluding hydrogens is 188 g/mol. The van der Waals surface area contributed by atoms with Crippen molar-refractivity contribution in [2.45, 2.75) is 26.2 Å². The van der Waals surface area contributed by atoms with Crippen LogP contribution in [-0.2, 0) is 0 Å². The molecule has 0 aromatic rings. The molecule has 4 N–H and O–H groups in total. The maximum atomic E-state index is 5.61. The fraction of sp³-hybridized carbons (Fsp3) is 0.364. The minimum absolute atomic E-state index is 0.365. The van der Waals surface area contributed by atoms with Crippen molar-refractivity contribution in [3.05, 3.63) is 36.4 Å². The first-order valence-corrected chi connectivity index (χ1v) is 5.10. The third kappa shape index (κ3) is 2.87. The van der Waals surface area contributed by atoms with Gasteiger partial charge in [0.25, 0.3) is 0 Å². The van der Waals surface area contributed by atoms with Crippen molar-refractivity contribution in [2.24, 2.45) is 10.7 Å². The van der Waals surface area contributed by atoms with Gasteiger partial charge < -0.3 is 16.4 Å². The van der Waals surface area contributed by atoms with Crippen molar-refractivity contribution in [3.8, 4) is 0 Å². The first-order chi connectivity index (χ1) is 7.19. The molecule has 0 atom stereocenters. The molecule has 0 unspecified atom stereocenters. The Kier molecular flexibility index (Phi) is 3.97. The molecule has 1 aliphatic rings. The van der Waals surface area contributed by atoms with E-state index in [0.717, 1.165) is 36.4 Å². The molecule has 1 heterocycles. The molecular formula is C11H18N4. The van der Waals surface area contributed by atoms with E-state index in [9.17, 15) is 0 Å². The number of hydrogen-bond donors (Lipinski definition) is 3. The van der Waals surface area contributed by atoms with E-state index in [0.29, 0.717) is 5.96 Å². The van der Waals surface area contributed by atoms with Crippen LogP contribution in [0.15, 0.2) is 41.4 Å². The molecule has 0 aromatic carbocycles. The minimum atomic E-state index is 0.365. The van der Waals surface area contributed by atoms with Crippen LogP contribution in [0.2, 0.25) is 0 Å². The Morgan fingerprint density at radius 3 is 2.93 bits per heavy atom. The molecule has 4 nitrogen and oxygen atoms in total. The standard InChI is InChI=1S/C11H18N4/c1-4-6-7-9-8(3)14-11(12)15-10(9)13-5-2/h5,13H,2-4,6-7H2,1H3,(H3,12,14,15). The Bertz CT molecular complexity index is 325. The van der Waals surface area contributed by atoms with Crippen LogP contribution in [0, 0.1) is 0 Å². The largest absolute Gasteiger partial charge is 0.369 e. The molecule has 0 aromatic heterocycles. The summed E-state index contributed by atoms with van der Waals surface area (Å²) in [6.45, 7) is 9.69. The maximum Gasteiger partial charge on any atom is 0.199 e. The van der Waals surface area contributed by atoms with E-state index in [2.05, 4.69) is 35.7 Å². The fourth-order valence-corrected chi connectivity index (χ4v) is 1.43. The van der Waals surface area contributed by atoms with Gasteiger partial charge in [-0.3, -0.25) is 0 Å². The second kappa shape index (κ2) is 5.24. The van der Waals surface area contributed by atoms with Crippen LogP contribution < -0.4 is 16.4 Å². The van der Waals surface area contributed by atoms with E-state index < -0.39 is 0 Å². The number of guanidine groups is 1. The first-order valence-electron chi connectivity index (χ1n) is 5.10. The van der Waals surface area contributed by atoms with Gasteiger partial charge in [-0.2, -0.15) is 4.99 Å². The summed E-state index contributed by atoms with van der Waals surface area (Å²) in [5.41, 5.74) is 7.50. The molecule has 0 spiro atoms. The quantitative estimate of drug-likeness (QED) is 0.639. The Hall–Kier alpha value is -1.71. The Balaban J connectivity index is 2.91. The van der Waals surface area contributed by atoms with Gasteiger partial charge in [0.2, 0.25) is 0 Å². The van der Waals surface area contributed by atoms with Crippen molar-refractivity contribution in [1.29, 1.82) is 0 Å². The third-order valence-electron chi connectivity index (χ3n) is 2.18. The van der Waals surface area contributed by atoms with Crippen LogP contribution in [0.25, 0.3) is 0 Å². The van der Waals surface area contributed by atoms with Gasteiger partial charge in [-0.1, -0.05) is 26.5 Å². The zero-order valence-electron chi connectivity index (χ0n) is 9.14. The van der Waals surface area contributed by atoms with E-state index in [1.807, 2.05) is 0 Å². The molecule has 1 aliphatic heterocycles. The monoisotopic (exact) mass is 206 g/mol. The number of aliphatic imine (C=N–C) groups is 1. The highest BCUT2D eigenvalue weighted by Crippen LogP contribution is 2.20. The van der Waals surface area contributed by atoms with Gasteiger partial charge in [0.05, 0.1) is 0 Å². The van der Waals surface area contributed by atoms with Gasteiger partial charge in [0, 0.05) is 11.3 Å². The van der Waals surface area contributed by atoms with Crippen molar-refractivity contribution in [2.75, 3.05) is 0 Å². The highest BCUT2D eigenvalue weighted by atomic mass is 15.2. The third-order valence-corrected chi connectivity index (χ3v) is 2.18. The van der Waals surface area contributed by atoms with Gasteiger partial charge in [-0.15, -0.1) is 0 Å². The second-order valence-corrected chi connectivity index (χ2v) is 3.38. The number of nitrogens with two attached hydrogens (primary N) is 1. The summed E-state index contributed by atoms with van der Waals surface area (Å²) in [4.78, 5) is 4.18. The zero-order chi connectivity index (χ0) is 11.3. The Morgan fingerprint density at radius 2 is 2.33 bits per heavy atom. The molecule has 0 aliphatic carbocycles. The average Bonchev–Trinajstić information content (AvgIpc) is 2.17. The molecule has 1 rings (SSSR count). The van der Waals surface area contributed by atoms with Gasteiger partial charge in [-0.25, -0.2) is 0 Å². The van der Waals surface area contributed by atoms with Gasteiger partial charge in [0.1, 0.15) is 5.82 Å². The molecule has 0 radical (unpaired) electrons. The number of rotatable bonds is 5. The molecule has 0 saturated carbocycles. The van der Waals surface area contributed by atoms with E-state index >= 15 is 0 Å². The minimum Gasteiger partial charge on any atom is -0.369 e. The summed E-state index contributed by atoms with van der Waals surface area (Å²) < 4.78 is 0. The highest BCUT2D eigenvalue weighted by molar-refractivity contribution is 5.83. The normalized spacial score (nSPS) is 15.8. The van der Waals surface area contributed by atoms with E-state index in [4.69, 9.17) is 5.73 Å². The van der Waals surface area contributed by atoms with Crippen molar-refractivity contribution in [1.82, 2.24) is 10.6 Å². The summed E-state index contributed by atoms with van der Waals surface area (Å²) in [5.74, 6) is 1.12. The first kappa shape index (κ1) is 11.4. The molecule has 0 amide bonds. The summed E-state index contributed by atoms with van der Waals surface area (Å²) in [6, 6.07) is 0. The SMILES string of the molecule is C=CNC1=C(CCCC)C(=C)NC(N)=N1. The predicted molar refractivity (Wildman–Crippen MR) is 63.8 cm³/mol. The second-order valence-electron chi connectivity index (χ2n) is 3.38. The lowest BCUT2D eigenvalue weighted by molar-refractivity contribution is 0.760.